The lowest BCUT2D eigenvalue weighted by Gasteiger charge is -2.19. The van der Waals surface area contributed by atoms with Crippen molar-refractivity contribution >= 4 is 21.9 Å². The molecule has 0 fully saturated rings. The molecular weight excluding hydrogens is 296 g/mol. The first-order valence-corrected chi connectivity index (χ1v) is 7.93. The van der Waals surface area contributed by atoms with Crippen LogP contribution in [0.1, 0.15) is 59.3 Å². The second-order valence-corrected chi connectivity index (χ2v) is 6.20. The number of carbonyl (C=O) groups excluding carboxylic acids is 1. The zero-order chi connectivity index (χ0) is 13.9. The maximum atomic E-state index is 11.4. The molecule has 0 heterocycles. The van der Waals surface area contributed by atoms with Gasteiger partial charge in [-0.05, 0) is 33.6 Å². The van der Waals surface area contributed by atoms with Crippen LogP contribution in [-0.4, -0.2) is 30.1 Å². The summed E-state index contributed by atoms with van der Waals surface area (Å²) in [5.41, 5.74) is -0.396. The quantitative estimate of drug-likeness (QED) is 0.345. The molecule has 0 saturated heterocycles. The van der Waals surface area contributed by atoms with Gasteiger partial charge in [0.15, 0.2) is 0 Å². The third kappa shape index (κ3) is 14.0. The summed E-state index contributed by atoms with van der Waals surface area (Å²) in [6.45, 7) is 6.84. The average molecular weight is 323 g/mol. The Kier molecular flexibility index (Phi) is 10.7. The molecule has 3 nitrogen and oxygen atoms in total. The van der Waals surface area contributed by atoms with Gasteiger partial charge >= 0.3 is 5.97 Å². The number of unbranched alkanes of at least 4 members (excludes halogenated alkanes) is 4. The molecule has 0 unspecified atom stereocenters. The minimum absolute atomic E-state index is 0.181. The summed E-state index contributed by atoms with van der Waals surface area (Å²) < 4.78 is 10.6. The average Bonchev–Trinajstić information content (AvgIpc) is 2.24. The van der Waals surface area contributed by atoms with E-state index in [2.05, 4.69) is 15.9 Å². The predicted octanol–water partition coefficient (Wildman–Crippen LogP) is 4.08. The molecule has 0 N–H and O–H groups in total. The fourth-order valence-corrected chi connectivity index (χ4v) is 1.88. The van der Waals surface area contributed by atoms with Gasteiger partial charge in [0.25, 0.3) is 0 Å². The maximum Gasteiger partial charge on any atom is 0.308 e. The van der Waals surface area contributed by atoms with Gasteiger partial charge in [-0.1, -0.05) is 35.2 Å². The van der Waals surface area contributed by atoms with Gasteiger partial charge in [-0.3, -0.25) is 4.79 Å². The van der Waals surface area contributed by atoms with E-state index in [1.165, 1.54) is 25.7 Å². The van der Waals surface area contributed by atoms with Crippen LogP contribution in [0.25, 0.3) is 0 Å². The summed E-state index contributed by atoms with van der Waals surface area (Å²) in [6.07, 6.45) is 6.43. The van der Waals surface area contributed by atoms with Crippen molar-refractivity contribution in [3.63, 3.8) is 0 Å². The first kappa shape index (κ1) is 17.9. The Morgan fingerprint density at radius 3 is 2.22 bits per heavy atom. The molecule has 0 bridgehead atoms. The van der Waals surface area contributed by atoms with Crippen molar-refractivity contribution < 1.29 is 14.3 Å². The Morgan fingerprint density at radius 1 is 1.00 bits per heavy atom. The fourth-order valence-electron chi connectivity index (χ4n) is 1.48. The van der Waals surface area contributed by atoms with Crippen LogP contribution < -0.4 is 0 Å². The molecule has 4 heteroatoms. The Balaban J connectivity index is 3.23. The highest BCUT2D eigenvalue weighted by Gasteiger charge is 2.15. The van der Waals surface area contributed by atoms with Crippen molar-refractivity contribution in [3.8, 4) is 0 Å². The van der Waals surface area contributed by atoms with Gasteiger partial charge in [-0.2, -0.15) is 0 Å². The van der Waals surface area contributed by atoms with Crippen LogP contribution in [0, 0.1) is 0 Å². The van der Waals surface area contributed by atoms with Gasteiger partial charge in [-0.15, -0.1) is 0 Å². The van der Waals surface area contributed by atoms with Crippen LogP contribution in [0.5, 0.6) is 0 Å². The summed E-state index contributed by atoms with van der Waals surface area (Å²) in [5, 5.41) is 1.10. The number of halogens is 1. The van der Waals surface area contributed by atoms with Gasteiger partial charge in [-0.25, -0.2) is 0 Å². The van der Waals surface area contributed by atoms with Gasteiger partial charge in [0.05, 0.1) is 13.0 Å². The molecular formula is C14H27BrO3. The van der Waals surface area contributed by atoms with E-state index in [1.54, 1.807) is 0 Å². The largest absolute Gasteiger partial charge is 0.460 e. The number of esters is 1. The zero-order valence-electron chi connectivity index (χ0n) is 12.0. The normalized spacial score (nSPS) is 11.6. The van der Waals surface area contributed by atoms with Crippen molar-refractivity contribution in [3.05, 3.63) is 0 Å². The third-order valence-electron chi connectivity index (χ3n) is 2.29. The number of alkyl halides is 1. The number of rotatable bonds is 10. The smallest absolute Gasteiger partial charge is 0.308 e. The molecule has 0 spiro atoms. The second kappa shape index (κ2) is 10.8. The lowest BCUT2D eigenvalue weighted by atomic mass is 10.2. The summed E-state index contributed by atoms with van der Waals surface area (Å²) in [6, 6.07) is 0. The van der Waals surface area contributed by atoms with E-state index in [1.807, 2.05) is 20.8 Å². The lowest BCUT2D eigenvalue weighted by Crippen LogP contribution is -2.24. The highest BCUT2D eigenvalue weighted by atomic mass is 79.9. The van der Waals surface area contributed by atoms with E-state index in [9.17, 15) is 4.79 Å². The minimum atomic E-state index is -0.396. The first-order valence-electron chi connectivity index (χ1n) is 6.81. The number of carbonyl (C=O) groups is 1. The Hall–Kier alpha value is -0.0900. The molecule has 0 saturated carbocycles. The minimum Gasteiger partial charge on any atom is -0.460 e. The molecule has 0 rings (SSSR count). The lowest BCUT2D eigenvalue weighted by molar-refractivity contribution is -0.156. The summed E-state index contributed by atoms with van der Waals surface area (Å²) in [5.74, 6) is -0.181. The van der Waals surface area contributed by atoms with Crippen LogP contribution in [0.15, 0.2) is 0 Å². The number of hydrogen-bond acceptors (Lipinski definition) is 3. The number of ether oxygens (including phenoxy) is 2. The van der Waals surface area contributed by atoms with Crippen LogP contribution in [-0.2, 0) is 14.3 Å². The Labute approximate surface area is 120 Å². The first-order chi connectivity index (χ1) is 8.45. The molecule has 0 aliphatic rings. The van der Waals surface area contributed by atoms with Gasteiger partial charge < -0.3 is 9.47 Å². The Morgan fingerprint density at radius 2 is 1.61 bits per heavy atom. The highest BCUT2D eigenvalue weighted by molar-refractivity contribution is 9.09. The van der Waals surface area contributed by atoms with E-state index in [-0.39, 0.29) is 5.97 Å². The zero-order valence-corrected chi connectivity index (χ0v) is 13.6. The van der Waals surface area contributed by atoms with E-state index in [0.29, 0.717) is 13.0 Å². The molecule has 0 aromatic heterocycles. The molecule has 0 aliphatic carbocycles. The van der Waals surface area contributed by atoms with Crippen LogP contribution in [0.4, 0.5) is 0 Å². The summed E-state index contributed by atoms with van der Waals surface area (Å²) >= 11 is 3.42. The van der Waals surface area contributed by atoms with Crippen LogP contribution in [0.3, 0.4) is 0 Å². The Bertz CT molecular complexity index is 212. The van der Waals surface area contributed by atoms with Crippen molar-refractivity contribution in [2.45, 2.75) is 64.9 Å². The third-order valence-corrected chi connectivity index (χ3v) is 2.85. The molecule has 0 aromatic rings. The SMILES string of the molecule is CC(C)(C)OC(=O)CCOCCCCCCCBr. The standard InChI is InChI=1S/C14H27BrO3/c1-14(2,3)18-13(16)9-12-17-11-8-6-4-5-7-10-15/h4-12H2,1-3H3. The molecule has 108 valence electrons. The molecule has 18 heavy (non-hydrogen) atoms. The van der Waals surface area contributed by atoms with E-state index < -0.39 is 5.60 Å². The monoisotopic (exact) mass is 322 g/mol. The van der Waals surface area contributed by atoms with Crippen molar-refractivity contribution in [2.24, 2.45) is 0 Å². The van der Waals surface area contributed by atoms with Crippen molar-refractivity contribution in [1.82, 2.24) is 0 Å². The molecule has 0 aliphatic heterocycles. The van der Waals surface area contributed by atoms with Gasteiger partial charge in [0, 0.05) is 11.9 Å². The van der Waals surface area contributed by atoms with Gasteiger partial charge in [0.2, 0.25) is 0 Å². The van der Waals surface area contributed by atoms with E-state index in [4.69, 9.17) is 9.47 Å². The maximum absolute atomic E-state index is 11.4. The van der Waals surface area contributed by atoms with Crippen molar-refractivity contribution in [2.75, 3.05) is 18.5 Å². The molecule has 0 amide bonds. The summed E-state index contributed by atoms with van der Waals surface area (Å²) in [4.78, 5) is 11.4. The van der Waals surface area contributed by atoms with E-state index >= 15 is 0 Å². The van der Waals surface area contributed by atoms with Crippen LogP contribution in [0.2, 0.25) is 0 Å². The van der Waals surface area contributed by atoms with E-state index in [0.717, 1.165) is 18.4 Å². The predicted molar refractivity (Wildman–Crippen MR) is 78.2 cm³/mol. The topological polar surface area (TPSA) is 35.5 Å². The molecule has 0 aromatic carbocycles. The van der Waals surface area contributed by atoms with Crippen LogP contribution >= 0.6 is 15.9 Å². The van der Waals surface area contributed by atoms with Gasteiger partial charge in [0.1, 0.15) is 5.60 Å². The second-order valence-electron chi connectivity index (χ2n) is 5.41. The molecule has 0 atom stereocenters. The molecule has 0 radical (unpaired) electrons. The highest BCUT2D eigenvalue weighted by Crippen LogP contribution is 2.08. The fraction of sp³-hybridized carbons (Fsp3) is 0.929. The number of hydrogen-bond donors (Lipinski definition) is 0. The summed E-state index contributed by atoms with van der Waals surface area (Å²) in [7, 11) is 0. The van der Waals surface area contributed by atoms with Crippen molar-refractivity contribution in [1.29, 1.82) is 0 Å².